The summed E-state index contributed by atoms with van der Waals surface area (Å²) in [6, 6.07) is 8.13. The molecular formula is C12H15N3. The van der Waals surface area contributed by atoms with Crippen molar-refractivity contribution in [3.63, 3.8) is 0 Å². The topological polar surface area (TPSA) is 29.9 Å². The maximum absolute atomic E-state index is 4.31. The van der Waals surface area contributed by atoms with Crippen molar-refractivity contribution in [2.45, 2.75) is 6.42 Å². The van der Waals surface area contributed by atoms with Crippen molar-refractivity contribution >= 4 is 17.2 Å². The zero-order valence-corrected chi connectivity index (χ0v) is 8.85. The highest BCUT2D eigenvalue weighted by molar-refractivity contribution is 5.77. The minimum absolute atomic E-state index is 1.00. The lowest BCUT2D eigenvalue weighted by molar-refractivity contribution is 0.808. The molecule has 0 saturated heterocycles. The van der Waals surface area contributed by atoms with Gasteiger partial charge in [-0.2, -0.15) is 0 Å². The molecule has 0 amide bonds. The lowest BCUT2D eigenvalue weighted by atomic mass is 10.3. The van der Waals surface area contributed by atoms with Crippen LogP contribution >= 0.6 is 0 Å². The number of aromatic nitrogens is 2. The normalized spacial score (nSPS) is 11.5. The Hall–Kier alpha value is -1.61. The SMILES string of the molecule is CNCC/C=C/n1cnc2ccccc21. The van der Waals surface area contributed by atoms with E-state index in [2.05, 4.69) is 28.6 Å². The van der Waals surface area contributed by atoms with Crippen LogP contribution < -0.4 is 5.32 Å². The van der Waals surface area contributed by atoms with E-state index in [0.29, 0.717) is 0 Å². The highest BCUT2D eigenvalue weighted by atomic mass is 15.0. The molecule has 3 nitrogen and oxygen atoms in total. The summed E-state index contributed by atoms with van der Waals surface area (Å²) in [5, 5.41) is 3.11. The molecular weight excluding hydrogens is 186 g/mol. The lowest BCUT2D eigenvalue weighted by Gasteiger charge is -1.95. The van der Waals surface area contributed by atoms with Crippen LogP contribution in [0.4, 0.5) is 0 Å². The molecule has 2 rings (SSSR count). The second-order valence-electron chi connectivity index (χ2n) is 3.42. The second-order valence-corrected chi connectivity index (χ2v) is 3.42. The minimum atomic E-state index is 1.00. The van der Waals surface area contributed by atoms with Gasteiger partial charge < -0.3 is 9.88 Å². The van der Waals surface area contributed by atoms with Gasteiger partial charge in [0.1, 0.15) is 0 Å². The van der Waals surface area contributed by atoms with Crippen molar-refractivity contribution in [3.8, 4) is 0 Å². The number of benzene rings is 1. The second kappa shape index (κ2) is 4.75. The number of hydrogen-bond donors (Lipinski definition) is 1. The van der Waals surface area contributed by atoms with Crippen LogP contribution in [-0.2, 0) is 0 Å². The van der Waals surface area contributed by atoms with Crippen molar-refractivity contribution in [2.75, 3.05) is 13.6 Å². The smallest absolute Gasteiger partial charge is 0.0999 e. The molecule has 0 radical (unpaired) electrons. The van der Waals surface area contributed by atoms with E-state index >= 15 is 0 Å². The predicted molar refractivity (Wildman–Crippen MR) is 63.6 cm³/mol. The molecule has 0 aliphatic heterocycles. The number of nitrogens with one attached hydrogen (secondary N) is 1. The summed E-state index contributed by atoms with van der Waals surface area (Å²) >= 11 is 0. The van der Waals surface area contributed by atoms with Crippen LogP contribution in [0.15, 0.2) is 36.7 Å². The summed E-state index contributed by atoms with van der Waals surface area (Å²) in [6.45, 7) is 1.00. The van der Waals surface area contributed by atoms with Crippen LogP contribution in [0.1, 0.15) is 6.42 Å². The van der Waals surface area contributed by atoms with Crippen molar-refractivity contribution in [1.82, 2.24) is 14.9 Å². The summed E-state index contributed by atoms with van der Waals surface area (Å²) in [6.07, 6.45) is 7.08. The van der Waals surface area contributed by atoms with E-state index in [0.717, 1.165) is 24.0 Å². The Morgan fingerprint density at radius 2 is 2.27 bits per heavy atom. The Kier molecular flexibility index (Phi) is 3.15. The summed E-state index contributed by atoms with van der Waals surface area (Å²) < 4.78 is 2.05. The monoisotopic (exact) mass is 201 g/mol. The standard InChI is InChI=1S/C12H15N3/c1-13-8-4-5-9-15-10-14-11-6-2-3-7-12(11)15/h2-3,5-7,9-10,13H,4,8H2,1H3/b9-5+. The van der Waals surface area contributed by atoms with E-state index in [1.165, 1.54) is 0 Å². The Balaban J connectivity index is 2.17. The third-order valence-corrected chi connectivity index (χ3v) is 2.31. The molecule has 1 aromatic carbocycles. The van der Waals surface area contributed by atoms with Gasteiger partial charge in [-0.15, -0.1) is 0 Å². The molecule has 0 unspecified atom stereocenters. The zero-order valence-electron chi connectivity index (χ0n) is 8.85. The average molecular weight is 201 g/mol. The van der Waals surface area contributed by atoms with E-state index in [1.807, 2.05) is 36.1 Å². The maximum Gasteiger partial charge on any atom is 0.0999 e. The summed E-state index contributed by atoms with van der Waals surface area (Å²) in [4.78, 5) is 4.31. The van der Waals surface area contributed by atoms with Crippen LogP contribution in [0.3, 0.4) is 0 Å². The van der Waals surface area contributed by atoms with Crippen molar-refractivity contribution in [3.05, 3.63) is 36.7 Å². The van der Waals surface area contributed by atoms with E-state index < -0.39 is 0 Å². The first-order valence-electron chi connectivity index (χ1n) is 5.14. The average Bonchev–Trinajstić information content (AvgIpc) is 2.68. The summed E-state index contributed by atoms with van der Waals surface area (Å²) in [5.74, 6) is 0. The third kappa shape index (κ3) is 2.25. The number of hydrogen-bond acceptors (Lipinski definition) is 2. The molecule has 0 saturated carbocycles. The fourth-order valence-corrected chi connectivity index (χ4v) is 1.51. The van der Waals surface area contributed by atoms with Gasteiger partial charge in [0.05, 0.1) is 17.4 Å². The largest absolute Gasteiger partial charge is 0.319 e. The number of imidazole rings is 1. The fourth-order valence-electron chi connectivity index (χ4n) is 1.51. The van der Waals surface area contributed by atoms with Crippen molar-refractivity contribution in [1.29, 1.82) is 0 Å². The van der Waals surface area contributed by atoms with E-state index in [1.54, 1.807) is 0 Å². The Morgan fingerprint density at radius 1 is 1.40 bits per heavy atom. The van der Waals surface area contributed by atoms with Gasteiger partial charge in [0.2, 0.25) is 0 Å². The van der Waals surface area contributed by atoms with Gasteiger partial charge in [0.25, 0.3) is 0 Å². The van der Waals surface area contributed by atoms with Crippen molar-refractivity contribution in [2.24, 2.45) is 0 Å². The van der Waals surface area contributed by atoms with Gasteiger partial charge in [0, 0.05) is 6.20 Å². The number of rotatable bonds is 4. The first-order chi connectivity index (χ1) is 7.42. The summed E-state index contributed by atoms with van der Waals surface area (Å²) in [7, 11) is 1.96. The lowest BCUT2D eigenvalue weighted by Crippen LogP contribution is -2.05. The quantitative estimate of drug-likeness (QED) is 0.768. The van der Waals surface area contributed by atoms with Gasteiger partial charge in [-0.1, -0.05) is 18.2 Å². The molecule has 0 atom stereocenters. The van der Waals surface area contributed by atoms with Crippen LogP contribution in [0.25, 0.3) is 17.2 Å². The summed E-state index contributed by atoms with van der Waals surface area (Å²) in [5.41, 5.74) is 2.19. The Morgan fingerprint density at radius 3 is 3.13 bits per heavy atom. The fraction of sp³-hybridized carbons (Fsp3) is 0.250. The number of nitrogens with zero attached hydrogens (tertiary/aromatic N) is 2. The molecule has 1 aromatic heterocycles. The minimum Gasteiger partial charge on any atom is -0.319 e. The molecule has 0 aliphatic rings. The van der Waals surface area contributed by atoms with Gasteiger partial charge in [-0.05, 0) is 32.1 Å². The van der Waals surface area contributed by atoms with Gasteiger partial charge >= 0.3 is 0 Å². The Bertz CT molecular complexity index is 457. The van der Waals surface area contributed by atoms with Gasteiger partial charge in [0.15, 0.2) is 0 Å². The molecule has 3 heteroatoms. The molecule has 78 valence electrons. The highest BCUT2D eigenvalue weighted by Gasteiger charge is 1.96. The molecule has 1 heterocycles. The maximum atomic E-state index is 4.31. The highest BCUT2D eigenvalue weighted by Crippen LogP contribution is 2.11. The molecule has 0 bridgehead atoms. The first-order valence-corrected chi connectivity index (χ1v) is 5.14. The third-order valence-electron chi connectivity index (χ3n) is 2.31. The predicted octanol–water partition coefficient (Wildman–Crippen LogP) is 2.12. The molecule has 2 aromatic rings. The first kappa shape index (κ1) is 9.93. The van der Waals surface area contributed by atoms with E-state index in [-0.39, 0.29) is 0 Å². The number of fused-ring (bicyclic) bond motifs is 1. The van der Waals surface area contributed by atoms with Crippen LogP contribution in [0, 0.1) is 0 Å². The molecule has 0 spiro atoms. The van der Waals surface area contributed by atoms with E-state index in [9.17, 15) is 0 Å². The Labute approximate surface area is 89.4 Å². The molecule has 1 N–H and O–H groups in total. The van der Waals surface area contributed by atoms with Crippen molar-refractivity contribution < 1.29 is 0 Å². The van der Waals surface area contributed by atoms with Crippen LogP contribution in [0.2, 0.25) is 0 Å². The molecule has 0 aliphatic carbocycles. The molecule has 15 heavy (non-hydrogen) atoms. The number of para-hydroxylation sites is 2. The zero-order chi connectivity index (χ0) is 10.5. The van der Waals surface area contributed by atoms with Crippen LogP contribution in [-0.4, -0.2) is 23.1 Å². The van der Waals surface area contributed by atoms with Crippen LogP contribution in [0.5, 0.6) is 0 Å². The molecule has 0 fully saturated rings. The van der Waals surface area contributed by atoms with E-state index in [4.69, 9.17) is 0 Å². The van der Waals surface area contributed by atoms with Gasteiger partial charge in [-0.3, -0.25) is 0 Å². The van der Waals surface area contributed by atoms with Gasteiger partial charge in [-0.25, -0.2) is 4.98 Å².